The van der Waals surface area contributed by atoms with Crippen molar-refractivity contribution in [2.45, 2.75) is 202 Å². The van der Waals surface area contributed by atoms with Gasteiger partial charge < -0.3 is 64.4 Å². The minimum atomic E-state index is -4.58. The number of aliphatic hydroxyl groups excluding tert-OH is 5. The molecule has 8 N–H and O–H groups in total. The van der Waals surface area contributed by atoms with E-state index in [0.717, 1.165) is 32.1 Å². The molecule has 4 fully saturated rings. The molecule has 0 bridgehead atoms. The minimum Gasteiger partial charge on any atom is -0.479 e. The number of aliphatic carboxylic acids is 1. The number of aryl methyl sites for hydroxylation is 3. The zero-order chi connectivity index (χ0) is 58.1. The summed E-state index contributed by atoms with van der Waals surface area (Å²) in [5.74, 6) is -3.77. The molecule has 0 radical (unpaired) electrons. The molecular weight excluding hydrogens is 1080 g/mol. The highest BCUT2D eigenvalue weighted by Gasteiger charge is 2.54. The molecule has 24 heteroatoms. The highest BCUT2D eigenvalue weighted by molar-refractivity contribution is 7.86. The van der Waals surface area contributed by atoms with Crippen molar-refractivity contribution >= 4 is 50.2 Å². The number of fused-ring (bicyclic) bond motifs is 1. The van der Waals surface area contributed by atoms with Crippen molar-refractivity contribution in [1.82, 2.24) is 15.0 Å². The number of carbonyl (C=O) groups excluding carboxylic acids is 3. The number of Topliss-reactive ketones (excluding diaryl/α,β-unsaturated/α-hetero) is 1. The van der Waals surface area contributed by atoms with Gasteiger partial charge >= 0.3 is 11.9 Å². The Morgan fingerprint density at radius 3 is 2.30 bits per heavy atom. The van der Waals surface area contributed by atoms with Crippen molar-refractivity contribution in [2.24, 2.45) is 17.8 Å². The van der Waals surface area contributed by atoms with Crippen LogP contribution in [0.15, 0.2) is 71.8 Å². The molecule has 3 aromatic carbocycles. The van der Waals surface area contributed by atoms with E-state index < -0.39 is 120 Å². The van der Waals surface area contributed by atoms with Crippen LogP contribution in [0.4, 0.5) is 5.69 Å². The van der Waals surface area contributed by atoms with Crippen LogP contribution in [0.3, 0.4) is 0 Å². The predicted molar refractivity (Wildman–Crippen MR) is 288 cm³/mol. The van der Waals surface area contributed by atoms with Gasteiger partial charge in [-0.2, -0.15) is 8.42 Å². The van der Waals surface area contributed by atoms with Gasteiger partial charge in [-0.05, 0) is 106 Å². The van der Waals surface area contributed by atoms with Crippen molar-refractivity contribution in [3.8, 4) is 0 Å². The number of aromatic nitrogens is 3. The first-order valence-corrected chi connectivity index (χ1v) is 29.4. The molecule has 1 amide bonds. The van der Waals surface area contributed by atoms with E-state index in [2.05, 4.69) is 15.6 Å². The maximum atomic E-state index is 14.2. The number of carbonyl (C=O) groups is 4. The number of benzene rings is 3. The van der Waals surface area contributed by atoms with Gasteiger partial charge in [-0.25, -0.2) is 9.59 Å². The number of nitrogens with one attached hydrogen (secondary N) is 1. The van der Waals surface area contributed by atoms with Gasteiger partial charge in [-0.15, -0.1) is 5.10 Å². The quantitative estimate of drug-likeness (QED) is 0.0273. The Hall–Kier alpha value is -5.35. The fraction of sp³-hybridized carbons (Fsp3) is 0.614. The molecule has 23 nitrogen and oxygen atoms in total. The minimum absolute atomic E-state index is 0.00646. The fourth-order valence-electron chi connectivity index (χ4n) is 11.7. The lowest BCUT2D eigenvalue weighted by molar-refractivity contribution is -0.349. The first-order chi connectivity index (χ1) is 38.7. The van der Waals surface area contributed by atoms with Gasteiger partial charge in [-0.1, -0.05) is 80.6 Å². The van der Waals surface area contributed by atoms with Crippen molar-refractivity contribution < 1.29 is 91.2 Å². The summed E-state index contributed by atoms with van der Waals surface area (Å²) in [6, 6.07) is 16.0. The van der Waals surface area contributed by atoms with Crippen LogP contribution in [-0.2, 0) is 65.9 Å². The molecule has 444 valence electrons. The van der Waals surface area contributed by atoms with E-state index in [1.807, 2.05) is 0 Å². The molecule has 4 aliphatic rings. The third kappa shape index (κ3) is 15.7. The van der Waals surface area contributed by atoms with Crippen molar-refractivity contribution in [2.75, 3.05) is 11.9 Å². The highest BCUT2D eigenvalue weighted by atomic mass is 32.2. The Bertz CT molecular complexity index is 2890. The lowest BCUT2D eigenvalue weighted by atomic mass is 9.75. The monoisotopic (exact) mass is 1150 g/mol. The van der Waals surface area contributed by atoms with E-state index in [9.17, 15) is 62.8 Å². The van der Waals surface area contributed by atoms with Gasteiger partial charge in [-0.3, -0.25) is 18.8 Å². The first kappa shape index (κ1) is 61.7. The summed E-state index contributed by atoms with van der Waals surface area (Å²) >= 11 is 0. The van der Waals surface area contributed by atoms with E-state index in [0.29, 0.717) is 48.9 Å². The van der Waals surface area contributed by atoms with Gasteiger partial charge in [0.05, 0.1) is 36.2 Å². The zero-order valence-electron chi connectivity index (χ0n) is 45.7. The van der Waals surface area contributed by atoms with Gasteiger partial charge in [0.15, 0.2) is 24.8 Å². The van der Waals surface area contributed by atoms with E-state index in [1.54, 1.807) is 67.2 Å². The Kier molecular flexibility index (Phi) is 21.2. The number of nitrogens with zero attached hydrogens (tertiary/aromatic N) is 3. The second-order valence-electron chi connectivity index (χ2n) is 22.2. The summed E-state index contributed by atoms with van der Waals surface area (Å²) in [4.78, 5) is 53.7. The maximum Gasteiger partial charge on any atom is 0.338 e. The van der Waals surface area contributed by atoms with Crippen LogP contribution in [-0.4, -0.2) is 169 Å². The average Bonchev–Trinajstić information content (AvgIpc) is 4.02. The zero-order valence-corrected chi connectivity index (χ0v) is 46.5. The van der Waals surface area contributed by atoms with Crippen LogP contribution in [0, 0.1) is 24.7 Å². The number of amides is 1. The van der Waals surface area contributed by atoms with Crippen LogP contribution in [0.5, 0.6) is 0 Å². The molecule has 2 saturated carbocycles. The molecule has 14 unspecified atom stereocenters. The molecule has 2 saturated heterocycles. The number of hydrogen-bond donors (Lipinski definition) is 8. The normalized spacial score (nSPS) is 29.7. The number of esters is 1. The number of ether oxygens (including phenoxy) is 6. The summed E-state index contributed by atoms with van der Waals surface area (Å²) < 4.78 is 73.5. The average molecular weight is 1150 g/mol. The standard InChI is InChI=1S/C57H76N4O19S/c1-31-24-36-18-12-20-39(46(36)44(25-31)81(72,73)74)58-45(64)22-13-23-61-29-38(59-60-61)19-10-11-21-40(63)37-26-32(2)51(80-56-50(68)49(67)47(65)33(3)75-56)41(28-37)77-57-53(79-55(71)35-16-8-5-9-17-35)52(48(66)43(30-62)78-57)76-42(54(69)70)27-34-14-6-4-7-15-34/h5,8-9,12,16-18,20,24-25,29,32-34,37,41-43,47-53,56-57,62,65-68H,4,6-7,10-11,13-15,19,21-23,26-28,30H2,1-3H3,(H,58,64)(H,69,70)(H,72,73,74)/t32?,33?,37?,41?,42-,43?,47?,48?,49?,50?,51?,52?,53?,56?,57?/m0/s1. The van der Waals surface area contributed by atoms with E-state index in [-0.39, 0.29) is 71.2 Å². The first-order valence-electron chi connectivity index (χ1n) is 28.0. The molecule has 2 aliphatic carbocycles. The van der Waals surface area contributed by atoms with Crippen molar-refractivity contribution in [3.05, 3.63) is 83.7 Å². The third-order valence-electron chi connectivity index (χ3n) is 16.0. The van der Waals surface area contributed by atoms with Crippen LogP contribution < -0.4 is 5.32 Å². The largest absolute Gasteiger partial charge is 0.479 e. The molecule has 1 aromatic heterocycles. The molecule has 81 heavy (non-hydrogen) atoms. The topological polar surface area (TPSA) is 342 Å². The van der Waals surface area contributed by atoms with Gasteiger partial charge in [0.25, 0.3) is 10.1 Å². The summed E-state index contributed by atoms with van der Waals surface area (Å²) in [6.45, 7) is 4.58. The third-order valence-corrected chi connectivity index (χ3v) is 16.9. The Labute approximate surface area is 470 Å². The summed E-state index contributed by atoms with van der Waals surface area (Å²) in [7, 11) is -4.58. The Balaban J connectivity index is 0.932. The lowest BCUT2D eigenvalue weighted by Gasteiger charge is -2.48. The van der Waals surface area contributed by atoms with E-state index >= 15 is 0 Å². The van der Waals surface area contributed by atoms with Crippen LogP contribution in [0.1, 0.15) is 119 Å². The fourth-order valence-corrected chi connectivity index (χ4v) is 12.5. The maximum absolute atomic E-state index is 14.2. The number of hydrogen-bond acceptors (Lipinski definition) is 19. The van der Waals surface area contributed by atoms with E-state index in [4.69, 9.17) is 28.4 Å². The second-order valence-corrected chi connectivity index (χ2v) is 23.6. The van der Waals surface area contributed by atoms with Gasteiger partial charge in [0.1, 0.15) is 47.3 Å². The number of ketones is 1. The molecule has 4 aromatic rings. The van der Waals surface area contributed by atoms with Crippen LogP contribution in [0.25, 0.3) is 10.8 Å². The number of rotatable bonds is 24. The highest BCUT2D eigenvalue weighted by Crippen LogP contribution is 2.40. The number of carboxylic acids is 1. The number of unbranched alkanes of at least 4 members (excludes halogenated alkanes) is 1. The van der Waals surface area contributed by atoms with Crippen LogP contribution >= 0.6 is 0 Å². The second kappa shape index (κ2) is 27.8. The van der Waals surface area contributed by atoms with Crippen molar-refractivity contribution in [1.29, 1.82) is 0 Å². The number of aliphatic hydroxyl groups is 5. The van der Waals surface area contributed by atoms with Crippen molar-refractivity contribution in [3.63, 3.8) is 0 Å². The summed E-state index contributed by atoms with van der Waals surface area (Å²) in [5.41, 5.74) is 1.66. The molecule has 3 heterocycles. The molecule has 15 atom stereocenters. The molecule has 2 aliphatic heterocycles. The molecular formula is C57H76N4O19S. The number of carboxylic acid groups (broad SMARTS) is 1. The lowest BCUT2D eigenvalue weighted by Crippen LogP contribution is -2.64. The smallest absolute Gasteiger partial charge is 0.338 e. The molecule has 0 spiro atoms. The summed E-state index contributed by atoms with van der Waals surface area (Å²) in [5, 5.41) is 77.1. The number of anilines is 1. The Morgan fingerprint density at radius 1 is 0.827 bits per heavy atom. The van der Waals surface area contributed by atoms with Gasteiger partial charge in [0, 0.05) is 42.6 Å². The van der Waals surface area contributed by atoms with Crippen LogP contribution in [0.2, 0.25) is 0 Å². The SMILES string of the molecule is Cc1cc(S(=O)(=O)O)c2c(NC(=O)CCCn3cc(CCCCC(=O)C4CC(C)C(OC5OC(C)C(O)C(O)C5O)C(OC5OC(CO)C(O)C(O[C@@H](CC6CCCCC6)C(=O)O)C5OC(=O)c5ccccc5)C4)nn3)cccc2c1. The molecule has 8 rings (SSSR count). The Morgan fingerprint density at radius 2 is 1.58 bits per heavy atom. The summed E-state index contributed by atoms with van der Waals surface area (Å²) in [6.07, 6.45) is -10.1. The van der Waals surface area contributed by atoms with Gasteiger partial charge in [0.2, 0.25) is 5.91 Å². The predicted octanol–water partition coefficient (Wildman–Crippen LogP) is 4.44. The van der Waals surface area contributed by atoms with E-state index in [1.165, 1.54) is 25.1 Å².